The highest BCUT2D eigenvalue weighted by molar-refractivity contribution is 7.09. The summed E-state index contributed by atoms with van der Waals surface area (Å²) in [6.07, 6.45) is 2.97. The molecular formula is C21H28N2O4S. The summed E-state index contributed by atoms with van der Waals surface area (Å²) in [5, 5.41) is 2.86. The molecule has 3 rings (SSSR count). The predicted molar refractivity (Wildman–Crippen MR) is 109 cm³/mol. The van der Waals surface area contributed by atoms with Gasteiger partial charge in [-0.05, 0) is 38.3 Å². The Hall–Kier alpha value is -2.28. The Kier molecular flexibility index (Phi) is 6.78. The number of aromatic nitrogens is 1. The van der Waals surface area contributed by atoms with Crippen LogP contribution >= 0.6 is 11.3 Å². The molecule has 1 saturated carbocycles. The van der Waals surface area contributed by atoms with Gasteiger partial charge in [0.25, 0.3) is 0 Å². The fourth-order valence-corrected chi connectivity index (χ4v) is 3.69. The van der Waals surface area contributed by atoms with Crippen molar-refractivity contribution in [2.24, 2.45) is 5.92 Å². The molecule has 1 fully saturated rings. The summed E-state index contributed by atoms with van der Waals surface area (Å²) in [4.78, 5) is 19.3. The van der Waals surface area contributed by atoms with Crippen LogP contribution in [0.25, 0.3) is 0 Å². The van der Waals surface area contributed by atoms with Crippen LogP contribution < -0.4 is 14.2 Å². The molecule has 7 heteroatoms. The lowest BCUT2D eigenvalue weighted by Crippen LogP contribution is -2.38. The van der Waals surface area contributed by atoms with Crippen molar-refractivity contribution in [2.45, 2.75) is 52.3 Å². The van der Waals surface area contributed by atoms with Crippen LogP contribution in [0.15, 0.2) is 23.6 Å². The molecule has 0 radical (unpaired) electrons. The number of methoxy groups -OCH3 is 2. The minimum absolute atomic E-state index is 0.215. The van der Waals surface area contributed by atoms with Crippen LogP contribution in [0.5, 0.6) is 17.2 Å². The van der Waals surface area contributed by atoms with Crippen LogP contribution in [0.2, 0.25) is 0 Å². The Morgan fingerprint density at radius 2 is 1.96 bits per heavy atom. The first kappa shape index (κ1) is 20.5. The van der Waals surface area contributed by atoms with Crippen molar-refractivity contribution < 1.29 is 19.0 Å². The molecule has 6 nitrogen and oxygen atoms in total. The van der Waals surface area contributed by atoms with E-state index in [1.54, 1.807) is 14.2 Å². The second-order valence-corrected chi connectivity index (χ2v) is 7.95. The molecule has 0 bridgehead atoms. The molecule has 1 amide bonds. The number of nitrogens with zero attached hydrogens (tertiary/aromatic N) is 2. The first-order valence-corrected chi connectivity index (χ1v) is 10.5. The molecular weight excluding hydrogens is 376 g/mol. The van der Waals surface area contributed by atoms with Crippen molar-refractivity contribution in [3.05, 3.63) is 34.3 Å². The van der Waals surface area contributed by atoms with Gasteiger partial charge in [-0.2, -0.15) is 0 Å². The standard InChI is InChI=1S/C21H28N2O4S/c1-5-14(2)23(21(24)15-9-10-15)11-16-13-28-19(22-16)12-27-20-17(25-3)7-6-8-18(20)26-4/h6-8,13-15H,5,9-12H2,1-4H3. The van der Waals surface area contributed by atoms with E-state index in [-0.39, 0.29) is 17.9 Å². The Morgan fingerprint density at radius 1 is 1.29 bits per heavy atom. The van der Waals surface area contributed by atoms with Crippen molar-refractivity contribution in [3.63, 3.8) is 0 Å². The first-order chi connectivity index (χ1) is 13.6. The van der Waals surface area contributed by atoms with Gasteiger partial charge in [0.2, 0.25) is 11.7 Å². The van der Waals surface area contributed by atoms with Crippen LogP contribution in [0.1, 0.15) is 43.8 Å². The number of ether oxygens (including phenoxy) is 3. The van der Waals surface area contributed by atoms with Gasteiger partial charge in [0, 0.05) is 17.3 Å². The Labute approximate surface area is 170 Å². The molecule has 1 aromatic heterocycles. The highest BCUT2D eigenvalue weighted by Crippen LogP contribution is 2.37. The van der Waals surface area contributed by atoms with Crippen molar-refractivity contribution in [3.8, 4) is 17.2 Å². The molecule has 0 saturated heterocycles. The summed E-state index contributed by atoms with van der Waals surface area (Å²) in [6, 6.07) is 5.73. The average molecular weight is 405 g/mol. The summed E-state index contributed by atoms with van der Waals surface area (Å²) in [7, 11) is 3.20. The molecule has 1 aromatic carbocycles. The highest BCUT2D eigenvalue weighted by atomic mass is 32.1. The van der Waals surface area contributed by atoms with Gasteiger partial charge in [0.05, 0.1) is 26.5 Å². The number of carbonyl (C=O) groups is 1. The Balaban J connectivity index is 1.66. The molecule has 1 atom stereocenters. The average Bonchev–Trinajstić information content (AvgIpc) is 3.48. The molecule has 2 aromatic rings. The molecule has 1 aliphatic carbocycles. The fourth-order valence-electron chi connectivity index (χ4n) is 2.99. The zero-order valence-corrected chi connectivity index (χ0v) is 17.8. The molecule has 0 N–H and O–H groups in total. The molecule has 0 aliphatic heterocycles. The van der Waals surface area contributed by atoms with E-state index in [2.05, 4.69) is 18.8 Å². The molecule has 152 valence electrons. The van der Waals surface area contributed by atoms with Gasteiger partial charge in [0.1, 0.15) is 11.6 Å². The van der Waals surface area contributed by atoms with Gasteiger partial charge in [-0.1, -0.05) is 13.0 Å². The number of hydrogen-bond acceptors (Lipinski definition) is 6. The summed E-state index contributed by atoms with van der Waals surface area (Å²) in [6.45, 7) is 5.09. The van der Waals surface area contributed by atoms with Gasteiger partial charge in [0.15, 0.2) is 11.5 Å². The van der Waals surface area contributed by atoms with Crippen LogP contribution in [-0.2, 0) is 17.9 Å². The number of amides is 1. The van der Waals surface area contributed by atoms with Crippen molar-refractivity contribution >= 4 is 17.2 Å². The van der Waals surface area contributed by atoms with E-state index in [0.29, 0.717) is 30.4 Å². The lowest BCUT2D eigenvalue weighted by molar-refractivity contribution is -0.135. The quantitative estimate of drug-likeness (QED) is 0.592. The third kappa shape index (κ3) is 4.76. The minimum atomic E-state index is 0.215. The van der Waals surface area contributed by atoms with Gasteiger partial charge in [-0.3, -0.25) is 4.79 Å². The SMILES string of the molecule is CCC(C)N(Cc1csc(COc2c(OC)cccc2OC)n1)C(=O)C1CC1. The second-order valence-electron chi connectivity index (χ2n) is 7.01. The Bertz CT molecular complexity index is 781. The maximum atomic E-state index is 12.6. The third-order valence-corrected chi connectivity index (χ3v) is 5.86. The third-order valence-electron chi connectivity index (χ3n) is 4.99. The Morgan fingerprint density at radius 3 is 2.54 bits per heavy atom. The molecule has 1 heterocycles. The molecule has 1 aliphatic rings. The van der Waals surface area contributed by atoms with E-state index >= 15 is 0 Å². The van der Waals surface area contributed by atoms with Crippen LogP contribution in [0.3, 0.4) is 0 Å². The first-order valence-electron chi connectivity index (χ1n) is 9.64. The monoisotopic (exact) mass is 404 g/mol. The van der Waals surface area contributed by atoms with Gasteiger partial charge >= 0.3 is 0 Å². The van der Waals surface area contributed by atoms with Gasteiger partial charge < -0.3 is 19.1 Å². The maximum absolute atomic E-state index is 12.6. The minimum Gasteiger partial charge on any atom is -0.493 e. The van der Waals surface area contributed by atoms with Crippen molar-refractivity contribution in [2.75, 3.05) is 14.2 Å². The molecule has 28 heavy (non-hydrogen) atoms. The van der Waals surface area contributed by atoms with E-state index in [0.717, 1.165) is 30.0 Å². The van der Waals surface area contributed by atoms with Gasteiger partial charge in [-0.15, -0.1) is 11.3 Å². The topological polar surface area (TPSA) is 60.9 Å². The zero-order valence-electron chi connectivity index (χ0n) is 16.9. The summed E-state index contributed by atoms with van der Waals surface area (Å²) < 4.78 is 16.7. The molecule has 0 spiro atoms. The number of para-hydroxylation sites is 1. The van der Waals surface area contributed by atoms with Crippen molar-refractivity contribution in [1.82, 2.24) is 9.88 Å². The predicted octanol–water partition coefficient (Wildman–Crippen LogP) is 4.28. The largest absolute Gasteiger partial charge is 0.493 e. The number of hydrogen-bond donors (Lipinski definition) is 0. The van der Waals surface area contributed by atoms with E-state index < -0.39 is 0 Å². The summed E-state index contributed by atoms with van der Waals surface area (Å²) in [5.41, 5.74) is 0.907. The van der Waals surface area contributed by atoms with Crippen LogP contribution in [0, 0.1) is 5.92 Å². The van der Waals surface area contributed by atoms with E-state index in [9.17, 15) is 4.79 Å². The highest BCUT2D eigenvalue weighted by Gasteiger charge is 2.35. The number of rotatable bonds is 10. The van der Waals surface area contributed by atoms with Gasteiger partial charge in [-0.25, -0.2) is 4.98 Å². The lowest BCUT2D eigenvalue weighted by atomic mass is 10.2. The smallest absolute Gasteiger partial charge is 0.226 e. The number of benzene rings is 1. The van der Waals surface area contributed by atoms with Crippen molar-refractivity contribution in [1.29, 1.82) is 0 Å². The number of thiazole rings is 1. The number of carbonyl (C=O) groups excluding carboxylic acids is 1. The fraction of sp³-hybridized carbons (Fsp3) is 0.524. The van der Waals surface area contributed by atoms with Crippen LogP contribution in [-0.4, -0.2) is 36.1 Å². The van der Waals surface area contributed by atoms with Crippen LogP contribution in [0.4, 0.5) is 0 Å². The van der Waals surface area contributed by atoms with E-state index in [1.165, 1.54) is 11.3 Å². The summed E-state index contributed by atoms with van der Waals surface area (Å²) in [5.74, 6) is 2.28. The second kappa shape index (κ2) is 9.28. The van der Waals surface area contributed by atoms with E-state index in [4.69, 9.17) is 14.2 Å². The molecule has 1 unspecified atom stereocenters. The maximum Gasteiger partial charge on any atom is 0.226 e. The zero-order chi connectivity index (χ0) is 20.1. The summed E-state index contributed by atoms with van der Waals surface area (Å²) >= 11 is 1.54. The van der Waals surface area contributed by atoms with E-state index in [1.807, 2.05) is 28.5 Å². The lowest BCUT2D eigenvalue weighted by Gasteiger charge is -2.28. The normalized spacial score (nSPS) is 14.4.